The molecule has 0 aliphatic heterocycles. The van der Waals surface area contributed by atoms with Gasteiger partial charge in [-0.2, -0.15) is 0 Å². The lowest BCUT2D eigenvalue weighted by Crippen LogP contribution is -2.23. The molecule has 1 aromatic heterocycles. The van der Waals surface area contributed by atoms with Crippen molar-refractivity contribution in [3.63, 3.8) is 0 Å². The largest absolute Gasteiger partial charge is 0.348 e. The van der Waals surface area contributed by atoms with Gasteiger partial charge in [0.2, 0.25) is 0 Å². The standard InChI is InChI=1S/C17H17N3O2/c1-10-3-4-11(2)13(7-10)16(21)18-9-12-5-6-14-15(8-12)20-17(22)19-14/h3-8H,9H2,1-2H3,(H,18,21)(H2,19,20,22). The van der Waals surface area contributed by atoms with E-state index in [1.54, 1.807) is 0 Å². The van der Waals surface area contributed by atoms with Gasteiger partial charge in [-0.3, -0.25) is 4.79 Å². The number of imidazole rings is 1. The molecule has 0 radical (unpaired) electrons. The first-order valence-corrected chi connectivity index (χ1v) is 7.09. The number of carbonyl (C=O) groups excluding carboxylic acids is 1. The number of hydrogen-bond donors (Lipinski definition) is 3. The Morgan fingerprint density at radius 3 is 2.64 bits per heavy atom. The van der Waals surface area contributed by atoms with Gasteiger partial charge < -0.3 is 15.3 Å². The van der Waals surface area contributed by atoms with Gasteiger partial charge in [-0.25, -0.2) is 4.79 Å². The number of aromatic amines is 2. The molecule has 3 rings (SSSR count). The molecule has 1 amide bonds. The van der Waals surface area contributed by atoms with Crippen molar-refractivity contribution in [1.82, 2.24) is 15.3 Å². The fourth-order valence-electron chi connectivity index (χ4n) is 2.45. The summed E-state index contributed by atoms with van der Waals surface area (Å²) in [6.07, 6.45) is 0. The molecule has 112 valence electrons. The summed E-state index contributed by atoms with van der Waals surface area (Å²) in [6.45, 7) is 4.30. The second-order valence-electron chi connectivity index (χ2n) is 5.46. The molecular formula is C17H17N3O2. The SMILES string of the molecule is Cc1ccc(C)c(C(=O)NCc2ccc3[nH]c(=O)[nH]c3c2)c1. The highest BCUT2D eigenvalue weighted by atomic mass is 16.1. The van der Waals surface area contributed by atoms with E-state index < -0.39 is 0 Å². The highest BCUT2D eigenvalue weighted by molar-refractivity contribution is 5.95. The monoisotopic (exact) mass is 295 g/mol. The van der Waals surface area contributed by atoms with Crippen LogP contribution in [-0.2, 0) is 6.54 Å². The Bertz CT molecular complexity index is 906. The molecular weight excluding hydrogens is 278 g/mol. The van der Waals surface area contributed by atoms with Crippen LogP contribution in [-0.4, -0.2) is 15.9 Å². The fraction of sp³-hybridized carbons (Fsp3) is 0.176. The van der Waals surface area contributed by atoms with Crippen LogP contribution in [0.3, 0.4) is 0 Å². The van der Waals surface area contributed by atoms with Gasteiger partial charge in [0.1, 0.15) is 0 Å². The summed E-state index contributed by atoms with van der Waals surface area (Å²) in [5.41, 5.74) is 4.90. The van der Waals surface area contributed by atoms with E-state index in [0.717, 1.165) is 27.7 Å². The number of benzene rings is 2. The van der Waals surface area contributed by atoms with Crippen molar-refractivity contribution in [2.75, 3.05) is 0 Å². The van der Waals surface area contributed by atoms with Gasteiger partial charge >= 0.3 is 5.69 Å². The van der Waals surface area contributed by atoms with Crippen LogP contribution in [0.5, 0.6) is 0 Å². The molecule has 22 heavy (non-hydrogen) atoms. The van der Waals surface area contributed by atoms with Gasteiger partial charge in [-0.1, -0.05) is 23.8 Å². The van der Waals surface area contributed by atoms with Gasteiger partial charge in [-0.15, -0.1) is 0 Å². The zero-order valence-electron chi connectivity index (χ0n) is 12.5. The number of hydrogen-bond acceptors (Lipinski definition) is 2. The third-order valence-electron chi connectivity index (χ3n) is 3.67. The summed E-state index contributed by atoms with van der Waals surface area (Å²) in [5.74, 6) is -0.0936. The molecule has 3 aromatic rings. The second-order valence-corrected chi connectivity index (χ2v) is 5.46. The molecule has 0 atom stereocenters. The Kier molecular flexibility index (Phi) is 3.55. The van der Waals surface area contributed by atoms with E-state index in [1.807, 2.05) is 50.2 Å². The first-order valence-electron chi connectivity index (χ1n) is 7.09. The summed E-state index contributed by atoms with van der Waals surface area (Å²) < 4.78 is 0. The van der Waals surface area contributed by atoms with Crippen LogP contribution >= 0.6 is 0 Å². The normalized spacial score (nSPS) is 10.8. The van der Waals surface area contributed by atoms with Crippen LogP contribution in [0.1, 0.15) is 27.0 Å². The summed E-state index contributed by atoms with van der Waals surface area (Å²) in [6, 6.07) is 11.4. The van der Waals surface area contributed by atoms with Gasteiger partial charge in [0.05, 0.1) is 11.0 Å². The quantitative estimate of drug-likeness (QED) is 0.694. The average molecular weight is 295 g/mol. The fourth-order valence-corrected chi connectivity index (χ4v) is 2.45. The molecule has 0 aliphatic carbocycles. The Morgan fingerprint density at radius 2 is 1.82 bits per heavy atom. The van der Waals surface area contributed by atoms with Crippen LogP contribution in [0.25, 0.3) is 11.0 Å². The molecule has 0 saturated heterocycles. The number of fused-ring (bicyclic) bond motifs is 1. The Morgan fingerprint density at radius 1 is 1.05 bits per heavy atom. The van der Waals surface area contributed by atoms with E-state index in [-0.39, 0.29) is 11.6 Å². The highest BCUT2D eigenvalue weighted by Gasteiger charge is 2.09. The van der Waals surface area contributed by atoms with E-state index >= 15 is 0 Å². The van der Waals surface area contributed by atoms with Crippen LogP contribution in [0.15, 0.2) is 41.2 Å². The predicted molar refractivity (Wildman–Crippen MR) is 86.0 cm³/mol. The molecule has 0 spiro atoms. The zero-order valence-corrected chi connectivity index (χ0v) is 12.5. The van der Waals surface area contributed by atoms with E-state index in [2.05, 4.69) is 15.3 Å². The number of rotatable bonds is 3. The summed E-state index contributed by atoms with van der Waals surface area (Å²) in [7, 11) is 0. The lowest BCUT2D eigenvalue weighted by Gasteiger charge is -2.09. The molecule has 3 N–H and O–H groups in total. The topological polar surface area (TPSA) is 77.8 Å². The third-order valence-corrected chi connectivity index (χ3v) is 3.67. The minimum atomic E-state index is -0.230. The molecule has 0 aliphatic rings. The van der Waals surface area contributed by atoms with Crippen molar-refractivity contribution in [1.29, 1.82) is 0 Å². The first-order chi connectivity index (χ1) is 10.5. The van der Waals surface area contributed by atoms with Gasteiger partial charge in [0.15, 0.2) is 0 Å². The summed E-state index contributed by atoms with van der Waals surface area (Å²) in [4.78, 5) is 28.9. The molecule has 2 aromatic carbocycles. The van der Waals surface area contributed by atoms with Crippen LogP contribution in [0.4, 0.5) is 0 Å². The molecule has 0 saturated carbocycles. The smallest absolute Gasteiger partial charge is 0.323 e. The van der Waals surface area contributed by atoms with Gasteiger partial charge in [-0.05, 0) is 43.2 Å². The number of H-pyrrole nitrogens is 2. The molecule has 0 fully saturated rings. The van der Waals surface area contributed by atoms with Crippen LogP contribution < -0.4 is 11.0 Å². The minimum Gasteiger partial charge on any atom is -0.348 e. The Balaban J connectivity index is 1.76. The van der Waals surface area contributed by atoms with Crippen molar-refractivity contribution in [3.8, 4) is 0 Å². The Labute approximate surface area is 127 Å². The van der Waals surface area contributed by atoms with Crippen molar-refractivity contribution in [2.45, 2.75) is 20.4 Å². The number of aryl methyl sites for hydroxylation is 2. The number of nitrogens with one attached hydrogen (secondary N) is 3. The van der Waals surface area contributed by atoms with Crippen LogP contribution in [0.2, 0.25) is 0 Å². The van der Waals surface area contributed by atoms with Crippen molar-refractivity contribution < 1.29 is 4.79 Å². The molecule has 1 heterocycles. The van der Waals surface area contributed by atoms with Gasteiger partial charge in [0.25, 0.3) is 5.91 Å². The molecule has 5 heteroatoms. The minimum absolute atomic E-state index is 0.0936. The highest BCUT2D eigenvalue weighted by Crippen LogP contribution is 2.12. The number of amides is 1. The summed E-state index contributed by atoms with van der Waals surface area (Å²) >= 11 is 0. The van der Waals surface area contributed by atoms with Crippen molar-refractivity contribution in [2.24, 2.45) is 0 Å². The lowest BCUT2D eigenvalue weighted by molar-refractivity contribution is 0.0950. The summed E-state index contributed by atoms with van der Waals surface area (Å²) in [5, 5.41) is 2.91. The zero-order chi connectivity index (χ0) is 15.7. The van der Waals surface area contributed by atoms with E-state index in [4.69, 9.17) is 0 Å². The van der Waals surface area contributed by atoms with E-state index in [1.165, 1.54) is 0 Å². The van der Waals surface area contributed by atoms with E-state index in [9.17, 15) is 9.59 Å². The molecule has 0 bridgehead atoms. The maximum absolute atomic E-state index is 12.3. The molecule has 0 unspecified atom stereocenters. The maximum atomic E-state index is 12.3. The lowest BCUT2D eigenvalue weighted by atomic mass is 10.0. The van der Waals surface area contributed by atoms with Crippen molar-refractivity contribution >= 4 is 16.9 Å². The van der Waals surface area contributed by atoms with Crippen molar-refractivity contribution in [3.05, 3.63) is 69.1 Å². The molecule has 5 nitrogen and oxygen atoms in total. The number of aromatic nitrogens is 2. The van der Waals surface area contributed by atoms with Gasteiger partial charge in [0, 0.05) is 12.1 Å². The van der Waals surface area contributed by atoms with E-state index in [0.29, 0.717) is 12.1 Å². The average Bonchev–Trinajstić information content (AvgIpc) is 2.86. The predicted octanol–water partition coefficient (Wildman–Crippen LogP) is 2.40. The maximum Gasteiger partial charge on any atom is 0.323 e. The number of carbonyl (C=O) groups is 1. The van der Waals surface area contributed by atoms with Crippen LogP contribution in [0, 0.1) is 13.8 Å². The first kappa shape index (κ1) is 14.1. The third kappa shape index (κ3) is 2.79. The Hall–Kier alpha value is -2.82. The second kappa shape index (κ2) is 5.52.